The number of hydrogen-bond acceptors (Lipinski definition) is 6. The first-order valence-corrected chi connectivity index (χ1v) is 9.48. The Balaban J connectivity index is 1.76. The van der Waals surface area contributed by atoms with Gasteiger partial charge >= 0.3 is 11.6 Å². The topological polar surface area (TPSA) is 72.9 Å². The van der Waals surface area contributed by atoms with Crippen molar-refractivity contribution < 1.29 is 18.4 Å². The maximum atomic E-state index is 12.8. The molecular weight excluding hydrogens is 382 g/mol. The average molecular weight is 403 g/mol. The molecule has 2 aromatic carbocycles. The van der Waals surface area contributed by atoms with E-state index in [1.165, 1.54) is 0 Å². The second-order valence-electron chi connectivity index (χ2n) is 7.28. The quantitative estimate of drug-likeness (QED) is 0.449. The molecule has 0 N–H and O–H groups in total. The molecule has 0 fully saturated rings. The predicted molar refractivity (Wildman–Crippen MR) is 115 cm³/mol. The lowest BCUT2D eigenvalue weighted by Gasteiger charge is -2.14. The number of carbonyl (C=O) groups is 1. The normalized spacial score (nSPS) is 10.9. The molecule has 6 nitrogen and oxygen atoms in total. The molecule has 4 aromatic rings. The third kappa shape index (κ3) is 3.48. The Morgan fingerprint density at radius 1 is 0.933 bits per heavy atom. The summed E-state index contributed by atoms with van der Waals surface area (Å²) in [6.07, 6.45) is 0. The van der Waals surface area contributed by atoms with E-state index in [2.05, 4.69) is 0 Å². The van der Waals surface area contributed by atoms with E-state index in [0.717, 1.165) is 11.1 Å². The van der Waals surface area contributed by atoms with Crippen LogP contribution in [0.3, 0.4) is 0 Å². The minimum Gasteiger partial charge on any atom is -0.453 e. The molecule has 152 valence electrons. The van der Waals surface area contributed by atoms with Crippen LogP contribution in [0.2, 0.25) is 0 Å². The van der Waals surface area contributed by atoms with Crippen molar-refractivity contribution in [2.75, 3.05) is 19.0 Å². The van der Waals surface area contributed by atoms with Crippen molar-refractivity contribution in [2.45, 2.75) is 13.8 Å². The highest BCUT2D eigenvalue weighted by atomic mass is 16.5. The van der Waals surface area contributed by atoms with Crippen molar-refractivity contribution >= 4 is 22.6 Å². The molecule has 0 saturated carbocycles. The van der Waals surface area contributed by atoms with E-state index in [-0.39, 0.29) is 17.1 Å². The number of anilines is 1. The third-order valence-corrected chi connectivity index (χ3v) is 4.97. The van der Waals surface area contributed by atoms with Crippen LogP contribution in [0.5, 0.6) is 5.75 Å². The molecule has 0 amide bonds. The van der Waals surface area contributed by atoms with Crippen LogP contribution >= 0.6 is 0 Å². The zero-order valence-electron chi connectivity index (χ0n) is 17.2. The predicted octanol–water partition coefficient (Wildman–Crippen LogP) is 4.96. The SMILES string of the molecule is Cc1c(-c2cc3ccccc3o2)oc(=O)c(C)c1OC(=O)c1cccc(N(C)C)c1. The third-order valence-electron chi connectivity index (χ3n) is 4.97. The van der Waals surface area contributed by atoms with Gasteiger partial charge in [0, 0.05) is 30.7 Å². The molecule has 0 saturated heterocycles. The number of ether oxygens (including phenoxy) is 1. The van der Waals surface area contributed by atoms with Gasteiger partial charge in [-0.15, -0.1) is 0 Å². The summed E-state index contributed by atoms with van der Waals surface area (Å²) in [5.41, 5.74) is 2.09. The van der Waals surface area contributed by atoms with Gasteiger partial charge in [-0.2, -0.15) is 0 Å². The maximum Gasteiger partial charge on any atom is 0.343 e. The average Bonchev–Trinajstić information content (AvgIpc) is 3.17. The molecule has 2 heterocycles. The van der Waals surface area contributed by atoms with Crippen molar-refractivity contribution in [3.05, 3.63) is 81.7 Å². The molecule has 0 aliphatic rings. The van der Waals surface area contributed by atoms with Gasteiger partial charge in [0.05, 0.1) is 11.1 Å². The fourth-order valence-corrected chi connectivity index (χ4v) is 3.27. The molecule has 0 aliphatic heterocycles. The fourth-order valence-electron chi connectivity index (χ4n) is 3.27. The number of furan rings is 1. The minimum atomic E-state index is -0.583. The Hall–Kier alpha value is -3.80. The van der Waals surface area contributed by atoms with E-state index in [1.807, 2.05) is 49.3 Å². The van der Waals surface area contributed by atoms with Crippen molar-refractivity contribution in [2.24, 2.45) is 0 Å². The molecule has 0 radical (unpaired) electrons. The fraction of sp³-hybridized carbons (Fsp3) is 0.167. The van der Waals surface area contributed by atoms with Crippen molar-refractivity contribution in [1.82, 2.24) is 0 Å². The molecule has 0 unspecified atom stereocenters. The Bertz CT molecular complexity index is 1280. The summed E-state index contributed by atoms with van der Waals surface area (Å²) in [6, 6.07) is 16.4. The molecule has 0 spiro atoms. The summed E-state index contributed by atoms with van der Waals surface area (Å²) >= 11 is 0. The van der Waals surface area contributed by atoms with Gasteiger partial charge < -0.3 is 18.5 Å². The summed E-state index contributed by atoms with van der Waals surface area (Å²) in [5, 5.41) is 0.883. The second-order valence-corrected chi connectivity index (χ2v) is 7.28. The van der Waals surface area contributed by atoms with Gasteiger partial charge in [-0.05, 0) is 44.2 Å². The lowest BCUT2D eigenvalue weighted by atomic mass is 10.1. The highest BCUT2D eigenvalue weighted by Crippen LogP contribution is 2.34. The van der Waals surface area contributed by atoms with E-state index in [1.54, 1.807) is 38.1 Å². The number of rotatable bonds is 4. The van der Waals surface area contributed by atoms with Crippen LogP contribution in [0, 0.1) is 13.8 Å². The highest BCUT2D eigenvalue weighted by Gasteiger charge is 2.22. The summed E-state index contributed by atoms with van der Waals surface area (Å²) in [6.45, 7) is 3.30. The first-order chi connectivity index (χ1) is 14.3. The van der Waals surface area contributed by atoms with Gasteiger partial charge in [0.15, 0.2) is 11.5 Å². The van der Waals surface area contributed by atoms with Gasteiger partial charge in [0.25, 0.3) is 0 Å². The maximum absolute atomic E-state index is 12.8. The van der Waals surface area contributed by atoms with E-state index in [4.69, 9.17) is 13.6 Å². The van der Waals surface area contributed by atoms with Gasteiger partial charge in [-0.25, -0.2) is 9.59 Å². The van der Waals surface area contributed by atoms with Crippen molar-refractivity contribution in [1.29, 1.82) is 0 Å². The van der Waals surface area contributed by atoms with Gasteiger partial charge in [0.2, 0.25) is 0 Å². The minimum absolute atomic E-state index is 0.182. The monoisotopic (exact) mass is 403 g/mol. The van der Waals surface area contributed by atoms with Crippen LogP contribution in [0.15, 0.2) is 68.2 Å². The van der Waals surface area contributed by atoms with Crippen LogP contribution in [0.4, 0.5) is 5.69 Å². The Labute approximate surface area is 173 Å². The first kappa shape index (κ1) is 19.5. The first-order valence-electron chi connectivity index (χ1n) is 9.48. The zero-order chi connectivity index (χ0) is 21.4. The lowest BCUT2D eigenvalue weighted by Crippen LogP contribution is -2.16. The summed E-state index contributed by atoms with van der Waals surface area (Å²) in [7, 11) is 3.78. The Morgan fingerprint density at radius 3 is 2.43 bits per heavy atom. The van der Waals surface area contributed by atoms with Gasteiger partial charge in [-0.3, -0.25) is 0 Å². The van der Waals surface area contributed by atoms with Crippen LogP contribution in [0.1, 0.15) is 21.5 Å². The van der Waals surface area contributed by atoms with Gasteiger partial charge in [0.1, 0.15) is 11.3 Å². The molecule has 0 bridgehead atoms. The Morgan fingerprint density at radius 2 is 1.70 bits per heavy atom. The zero-order valence-corrected chi connectivity index (χ0v) is 17.2. The van der Waals surface area contributed by atoms with E-state index in [9.17, 15) is 9.59 Å². The van der Waals surface area contributed by atoms with Crippen LogP contribution in [-0.4, -0.2) is 20.1 Å². The number of hydrogen-bond donors (Lipinski definition) is 0. The summed E-state index contributed by atoms with van der Waals surface area (Å²) < 4.78 is 17.0. The van der Waals surface area contributed by atoms with Gasteiger partial charge in [-0.1, -0.05) is 24.3 Å². The van der Waals surface area contributed by atoms with E-state index in [0.29, 0.717) is 22.5 Å². The van der Waals surface area contributed by atoms with Crippen LogP contribution < -0.4 is 15.3 Å². The van der Waals surface area contributed by atoms with Crippen LogP contribution in [0.25, 0.3) is 22.5 Å². The molecular formula is C24H21NO5. The van der Waals surface area contributed by atoms with Crippen LogP contribution in [-0.2, 0) is 0 Å². The molecule has 30 heavy (non-hydrogen) atoms. The number of esters is 1. The lowest BCUT2D eigenvalue weighted by molar-refractivity contribution is 0.0731. The number of nitrogens with zero attached hydrogens (tertiary/aromatic N) is 1. The van der Waals surface area contributed by atoms with E-state index < -0.39 is 11.6 Å². The molecule has 0 aliphatic carbocycles. The largest absolute Gasteiger partial charge is 0.453 e. The molecule has 6 heteroatoms. The van der Waals surface area contributed by atoms with Crippen molar-refractivity contribution in [3.63, 3.8) is 0 Å². The number of para-hydroxylation sites is 1. The molecule has 2 aromatic heterocycles. The summed E-state index contributed by atoms with van der Waals surface area (Å²) in [4.78, 5) is 27.1. The second kappa shape index (κ2) is 7.55. The number of fused-ring (bicyclic) bond motifs is 1. The highest BCUT2D eigenvalue weighted by molar-refractivity contribution is 5.92. The summed E-state index contributed by atoms with van der Waals surface area (Å²) in [5.74, 6) is 0.275. The molecule has 0 atom stereocenters. The smallest absolute Gasteiger partial charge is 0.343 e. The molecule has 4 rings (SSSR count). The van der Waals surface area contributed by atoms with E-state index >= 15 is 0 Å². The standard InChI is InChI=1S/C24H21NO5/c1-14-21(29-24(27)17-9-7-10-18(12-17)25(3)4)15(2)23(26)30-22(14)20-13-16-8-5-6-11-19(16)28-20/h5-13H,1-4H3. The number of benzene rings is 2. The number of carbonyl (C=O) groups excluding carboxylic acids is 1. The van der Waals surface area contributed by atoms with Crippen molar-refractivity contribution in [3.8, 4) is 17.3 Å². The Kier molecular flexibility index (Phi) is 4.91.